The zero-order valence-electron chi connectivity index (χ0n) is 8.26. The van der Waals surface area contributed by atoms with Crippen LogP contribution in [0.15, 0.2) is 23.3 Å². The zero-order valence-corrected chi connectivity index (χ0v) is 8.26. The second kappa shape index (κ2) is 3.61. The van der Waals surface area contributed by atoms with Gasteiger partial charge in [0.05, 0.1) is 18.4 Å². The summed E-state index contributed by atoms with van der Waals surface area (Å²) in [4.78, 5) is 27.8. The lowest BCUT2D eigenvalue weighted by atomic mass is 10.2. The minimum atomic E-state index is -0.589. The van der Waals surface area contributed by atoms with Crippen molar-refractivity contribution in [1.29, 1.82) is 0 Å². The molecule has 0 aliphatic carbocycles. The van der Waals surface area contributed by atoms with E-state index in [-0.39, 0.29) is 22.3 Å². The fourth-order valence-corrected chi connectivity index (χ4v) is 1.46. The molecule has 0 amide bonds. The maximum absolute atomic E-state index is 11.5. The molecule has 7 nitrogen and oxygen atoms in total. The number of rotatable bonds is 2. The van der Waals surface area contributed by atoms with Gasteiger partial charge in [-0.05, 0) is 6.07 Å². The number of non-ortho nitro benzene ring substituents is 1. The van der Waals surface area contributed by atoms with Gasteiger partial charge in [0.25, 0.3) is 11.2 Å². The largest absolute Gasteiger partial charge is 0.496 e. The predicted octanol–water partition coefficient (Wildman–Crippen LogP) is 0.840. The van der Waals surface area contributed by atoms with Crippen molar-refractivity contribution in [1.82, 2.24) is 9.97 Å². The molecule has 1 aromatic carbocycles. The Bertz CT molecular complexity index is 620. The Balaban J connectivity index is 2.97. The summed E-state index contributed by atoms with van der Waals surface area (Å²) in [5.74, 6) is 0.259. The number of nitro groups is 1. The van der Waals surface area contributed by atoms with Gasteiger partial charge in [-0.25, -0.2) is 4.98 Å². The number of nitrogens with one attached hydrogen (secondary N) is 1. The summed E-state index contributed by atoms with van der Waals surface area (Å²) < 4.78 is 4.96. The van der Waals surface area contributed by atoms with Crippen molar-refractivity contribution in [2.24, 2.45) is 0 Å². The van der Waals surface area contributed by atoms with Gasteiger partial charge in [0.1, 0.15) is 11.1 Å². The van der Waals surface area contributed by atoms with Crippen LogP contribution >= 0.6 is 0 Å². The minimum Gasteiger partial charge on any atom is -0.496 e. The van der Waals surface area contributed by atoms with Crippen molar-refractivity contribution in [2.45, 2.75) is 0 Å². The number of ether oxygens (including phenoxy) is 1. The standard InChI is InChI=1S/C9H7N3O4/c1-16-6-3-2-5(12(14)15)8-7(6)9(13)11-4-10-8/h2-4H,1H3,(H,10,11,13). The van der Waals surface area contributed by atoms with E-state index in [1.165, 1.54) is 19.2 Å². The number of hydrogen-bond acceptors (Lipinski definition) is 5. The van der Waals surface area contributed by atoms with Gasteiger partial charge in [-0.2, -0.15) is 0 Å². The van der Waals surface area contributed by atoms with Gasteiger partial charge >= 0.3 is 0 Å². The summed E-state index contributed by atoms with van der Waals surface area (Å²) in [5, 5.41) is 10.8. The van der Waals surface area contributed by atoms with Crippen LogP contribution in [-0.4, -0.2) is 22.0 Å². The van der Waals surface area contributed by atoms with E-state index in [1.54, 1.807) is 0 Å². The minimum absolute atomic E-state index is 0.0214. The molecule has 0 spiro atoms. The summed E-state index contributed by atoms with van der Waals surface area (Å²) in [6.07, 6.45) is 1.12. The van der Waals surface area contributed by atoms with Gasteiger partial charge in [0.2, 0.25) is 0 Å². The maximum Gasteiger partial charge on any atom is 0.295 e. The molecular formula is C9H7N3O4. The molecule has 0 aliphatic heterocycles. The highest BCUT2D eigenvalue weighted by molar-refractivity contribution is 5.91. The van der Waals surface area contributed by atoms with Gasteiger partial charge < -0.3 is 9.72 Å². The van der Waals surface area contributed by atoms with Crippen LogP contribution in [0.2, 0.25) is 0 Å². The third-order valence-electron chi connectivity index (χ3n) is 2.15. The number of H-pyrrole nitrogens is 1. The molecule has 0 aliphatic rings. The van der Waals surface area contributed by atoms with E-state index in [9.17, 15) is 14.9 Å². The molecule has 2 rings (SSSR count). The molecule has 7 heteroatoms. The molecule has 0 fully saturated rings. The fourth-order valence-electron chi connectivity index (χ4n) is 1.46. The van der Waals surface area contributed by atoms with E-state index in [0.717, 1.165) is 6.33 Å². The first-order valence-corrected chi connectivity index (χ1v) is 4.34. The Kier molecular flexibility index (Phi) is 2.28. The van der Waals surface area contributed by atoms with Gasteiger partial charge in [-0.1, -0.05) is 0 Å². The number of aromatic amines is 1. The van der Waals surface area contributed by atoms with E-state index in [0.29, 0.717) is 0 Å². The van der Waals surface area contributed by atoms with Crippen LogP contribution in [0.3, 0.4) is 0 Å². The first-order chi connectivity index (χ1) is 7.65. The SMILES string of the molecule is COc1ccc([N+](=O)[O-])c2nc[nH]c(=O)c12. The van der Waals surface area contributed by atoms with E-state index in [2.05, 4.69) is 9.97 Å². The van der Waals surface area contributed by atoms with Crippen LogP contribution < -0.4 is 10.3 Å². The molecule has 0 unspecified atom stereocenters. The summed E-state index contributed by atoms with van der Waals surface area (Å²) >= 11 is 0. The van der Waals surface area contributed by atoms with Crippen molar-refractivity contribution >= 4 is 16.6 Å². The average molecular weight is 221 g/mol. The molecule has 1 heterocycles. The van der Waals surface area contributed by atoms with E-state index in [4.69, 9.17) is 4.74 Å². The molecule has 16 heavy (non-hydrogen) atoms. The second-order valence-electron chi connectivity index (χ2n) is 3.00. The first kappa shape index (κ1) is 10.1. The normalized spacial score (nSPS) is 10.3. The predicted molar refractivity (Wildman–Crippen MR) is 55.6 cm³/mol. The Labute approximate surface area is 88.8 Å². The Morgan fingerprint density at radius 3 is 2.88 bits per heavy atom. The van der Waals surface area contributed by atoms with Crippen molar-refractivity contribution in [2.75, 3.05) is 7.11 Å². The molecule has 1 N–H and O–H groups in total. The molecule has 0 bridgehead atoms. The van der Waals surface area contributed by atoms with Gasteiger partial charge in [-0.3, -0.25) is 14.9 Å². The van der Waals surface area contributed by atoms with E-state index >= 15 is 0 Å². The van der Waals surface area contributed by atoms with Crippen molar-refractivity contribution in [3.05, 3.63) is 38.9 Å². The smallest absolute Gasteiger partial charge is 0.295 e. The first-order valence-electron chi connectivity index (χ1n) is 4.34. The molecule has 82 valence electrons. The molecule has 1 aromatic heterocycles. The highest BCUT2D eigenvalue weighted by atomic mass is 16.6. The molecule has 2 aromatic rings. The number of aromatic nitrogens is 2. The van der Waals surface area contributed by atoms with Crippen molar-refractivity contribution in [3.8, 4) is 5.75 Å². The summed E-state index contributed by atoms with van der Waals surface area (Å²) in [6, 6.07) is 2.63. The van der Waals surface area contributed by atoms with Crippen LogP contribution in [0.25, 0.3) is 10.9 Å². The van der Waals surface area contributed by atoms with Crippen LogP contribution in [-0.2, 0) is 0 Å². The van der Waals surface area contributed by atoms with Gasteiger partial charge in [-0.15, -0.1) is 0 Å². The third kappa shape index (κ3) is 1.38. The molecule has 0 atom stereocenters. The number of benzene rings is 1. The fraction of sp³-hybridized carbons (Fsp3) is 0.111. The molecule has 0 saturated carbocycles. The van der Waals surface area contributed by atoms with Crippen molar-refractivity contribution < 1.29 is 9.66 Å². The molecular weight excluding hydrogens is 214 g/mol. The Morgan fingerprint density at radius 1 is 1.50 bits per heavy atom. The quantitative estimate of drug-likeness (QED) is 0.598. The van der Waals surface area contributed by atoms with Gasteiger partial charge in [0, 0.05) is 6.07 Å². The summed E-state index contributed by atoms with van der Waals surface area (Å²) in [7, 11) is 1.38. The summed E-state index contributed by atoms with van der Waals surface area (Å²) in [5.41, 5.74) is -0.666. The van der Waals surface area contributed by atoms with Gasteiger partial charge in [0.15, 0.2) is 5.52 Å². The van der Waals surface area contributed by atoms with Crippen LogP contribution in [0.4, 0.5) is 5.69 Å². The van der Waals surface area contributed by atoms with Crippen molar-refractivity contribution in [3.63, 3.8) is 0 Å². The van der Waals surface area contributed by atoms with E-state index in [1.807, 2.05) is 0 Å². The lowest BCUT2D eigenvalue weighted by Gasteiger charge is -2.03. The average Bonchev–Trinajstić information content (AvgIpc) is 2.27. The number of nitrogens with zero attached hydrogens (tertiary/aromatic N) is 2. The second-order valence-corrected chi connectivity index (χ2v) is 3.00. The molecule has 0 radical (unpaired) electrons. The number of nitro benzene ring substituents is 1. The third-order valence-corrected chi connectivity index (χ3v) is 2.15. The highest BCUT2D eigenvalue weighted by Crippen LogP contribution is 2.28. The van der Waals surface area contributed by atoms with Crippen LogP contribution in [0.5, 0.6) is 5.75 Å². The van der Waals surface area contributed by atoms with Crippen LogP contribution in [0, 0.1) is 10.1 Å². The zero-order chi connectivity index (χ0) is 11.7. The number of methoxy groups -OCH3 is 1. The summed E-state index contributed by atoms with van der Waals surface area (Å²) in [6.45, 7) is 0. The number of fused-ring (bicyclic) bond motifs is 1. The Hall–Kier alpha value is -2.44. The monoisotopic (exact) mass is 221 g/mol. The highest BCUT2D eigenvalue weighted by Gasteiger charge is 2.18. The number of hydrogen-bond donors (Lipinski definition) is 1. The van der Waals surface area contributed by atoms with E-state index < -0.39 is 10.5 Å². The molecule has 0 saturated heterocycles. The lowest BCUT2D eigenvalue weighted by molar-refractivity contribution is -0.383. The maximum atomic E-state index is 11.5. The van der Waals surface area contributed by atoms with Crippen LogP contribution in [0.1, 0.15) is 0 Å². The topological polar surface area (TPSA) is 98.1 Å². The lowest BCUT2D eigenvalue weighted by Crippen LogP contribution is -2.09. The Morgan fingerprint density at radius 2 is 2.25 bits per heavy atom.